The molecule has 0 bridgehead atoms. The Balaban J connectivity index is 1.78. The van der Waals surface area contributed by atoms with E-state index in [4.69, 9.17) is 16.3 Å². The van der Waals surface area contributed by atoms with Gasteiger partial charge in [0.1, 0.15) is 5.75 Å². The van der Waals surface area contributed by atoms with Gasteiger partial charge in [0, 0.05) is 35.4 Å². The SMILES string of the molecule is CC(=O)Nc1ccc(N2COc3ccc(Cl)cc3C2)cc1. The first-order valence-corrected chi connectivity index (χ1v) is 7.03. The number of anilines is 2. The van der Waals surface area contributed by atoms with Crippen molar-refractivity contribution in [3.63, 3.8) is 0 Å². The van der Waals surface area contributed by atoms with Crippen LogP contribution >= 0.6 is 11.6 Å². The molecule has 2 aromatic carbocycles. The molecular formula is C16H15ClN2O2. The molecule has 1 amide bonds. The van der Waals surface area contributed by atoms with Crippen LogP contribution in [0.15, 0.2) is 42.5 Å². The Kier molecular flexibility index (Phi) is 3.71. The molecule has 0 aromatic heterocycles. The Morgan fingerprint density at radius 3 is 2.71 bits per heavy atom. The molecule has 3 rings (SSSR count). The van der Waals surface area contributed by atoms with Crippen molar-refractivity contribution in [3.8, 4) is 5.75 Å². The fourth-order valence-corrected chi connectivity index (χ4v) is 2.53. The average Bonchev–Trinajstić information content (AvgIpc) is 2.46. The van der Waals surface area contributed by atoms with Crippen molar-refractivity contribution in [2.75, 3.05) is 16.9 Å². The molecule has 0 unspecified atom stereocenters. The van der Waals surface area contributed by atoms with E-state index in [0.717, 1.165) is 29.2 Å². The zero-order valence-corrected chi connectivity index (χ0v) is 12.4. The van der Waals surface area contributed by atoms with Gasteiger partial charge in [-0.25, -0.2) is 0 Å². The summed E-state index contributed by atoms with van der Waals surface area (Å²) in [5.74, 6) is 0.804. The summed E-state index contributed by atoms with van der Waals surface area (Å²) in [7, 11) is 0. The number of rotatable bonds is 2. The van der Waals surface area contributed by atoms with Crippen molar-refractivity contribution in [2.45, 2.75) is 13.5 Å². The maximum atomic E-state index is 11.0. The molecule has 0 fully saturated rings. The van der Waals surface area contributed by atoms with Crippen molar-refractivity contribution in [3.05, 3.63) is 53.1 Å². The molecule has 0 radical (unpaired) electrons. The molecule has 21 heavy (non-hydrogen) atoms. The number of ether oxygens (including phenoxy) is 1. The maximum Gasteiger partial charge on any atom is 0.221 e. The van der Waals surface area contributed by atoms with Crippen LogP contribution in [0, 0.1) is 0 Å². The van der Waals surface area contributed by atoms with E-state index in [1.807, 2.05) is 42.5 Å². The van der Waals surface area contributed by atoms with Gasteiger partial charge >= 0.3 is 0 Å². The molecule has 4 nitrogen and oxygen atoms in total. The number of nitrogens with one attached hydrogen (secondary N) is 1. The lowest BCUT2D eigenvalue weighted by molar-refractivity contribution is -0.114. The molecule has 1 aliphatic heterocycles. The quantitative estimate of drug-likeness (QED) is 0.920. The highest BCUT2D eigenvalue weighted by molar-refractivity contribution is 6.30. The largest absolute Gasteiger partial charge is 0.473 e. The lowest BCUT2D eigenvalue weighted by atomic mass is 10.1. The third-order valence-corrected chi connectivity index (χ3v) is 3.55. The number of amides is 1. The first-order chi connectivity index (χ1) is 10.1. The zero-order valence-electron chi connectivity index (χ0n) is 11.6. The van der Waals surface area contributed by atoms with Gasteiger partial charge in [0.15, 0.2) is 6.73 Å². The van der Waals surface area contributed by atoms with E-state index in [-0.39, 0.29) is 5.91 Å². The Morgan fingerprint density at radius 2 is 2.00 bits per heavy atom. The van der Waals surface area contributed by atoms with E-state index < -0.39 is 0 Å². The van der Waals surface area contributed by atoms with Gasteiger partial charge in [-0.05, 0) is 42.5 Å². The molecule has 0 saturated heterocycles. The molecular weight excluding hydrogens is 288 g/mol. The number of carbonyl (C=O) groups excluding carboxylic acids is 1. The second kappa shape index (κ2) is 5.66. The van der Waals surface area contributed by atoms with Crippen LogP contribution in [0.4, 0.5) is 11.4 Å². The first kappa shape index (κ1) is 13.8. The number of carbonyl (C=O) groups is 1. The van der Waals surface area contributed by atoms with Gasteiger partial charge in [0.2, 0.25) is 5.91 Å². The number of hydrogen-bond acceptors (Lipinski definition) is 3. The predicted molar refractivity (Wildman–Crippen MR) is 83.9 cm³/mol. The van der Waals surface area contributed by atoms with Crippen molar-refractivity contribution in [1.29, 1.82) is 0 Å². The van der Waals surface area contributed by atoms with Gasteiger partial charge in [0.05, 0.1) is 0 Å². The molecule has 1 N–H and O–H groups in total. The second-order valence-corrected chi connectivity index (χ2v) is 5.39. The van der Waals surface area contributed by atoms with Crippen molar-refractivity contribution in [2.24, 2.45) is 0 Å². The fraction of sp³-hybridized carbons (Fsp3) is 0.188. The summed E-state index contributed by atoms with van der Waals surface area (Å²) in [5, 5.41) is 3.46. The molecule has 0 atom stereocenters. The van der Waals surface area contributed by atoms with Crippen LogP contribution in [0.1, 0.15) is 12.5 Å². The highest BCUT2D eigenvalue weighted by Crippen LogP contribution is 2.30. The molecule has 5 heteroatoms. The lowest BCUT2D eigenvalue weighted by Gasteiger charge is -2.31. The van der Waals surface area contributed by atoms with E-state index in [9.17, 15) is 4.79 Å². The lowest BCUT2D eigenvalue weighted by Crippen LogP contribution is -2.31. The number of halogens is 1. The standard InChI is InChI=1S/C16H15ClN2O2/c1-11(20)18-14-3-5-15(6-4-14)19-9-12-8-13(17)2-7-16(12)21-10-19/h2-8H,9-10H2,1H3,(H,18,20). The van der Waals surface area contributed by atoms with Crippen LogP contribution in [-0.4, -0.2) is 12.6 Å². The predicted octanol–water partition coefficient (Wildman–Crippen LogP) is 3.65. The molecule has 2 aromatic rings. The Hall–Kier alpha value is -2.20. The van der Waals surface area contributed by atoms with Crippen LogP contribution < -0.4 is 15.0 Å². The summed E-state index contributed by atoms with van der Waals surface area (Å²) in [6, 6.07) is 13.3. The first-order valence-electron chi connectivity index (χ1n) is 6.65. The summed E-state index contributed by atoms with van der Waals surface area (Å²) >= 11 is 6.03. The van der Waals surface area contributed by atoms with Crippen LogP contribution in [0.3, 0.4) is 0 Å². The summed E-state index contributed by atoms with van der Waals surface area (Å²) in [6.45, 7) is 2.73. The van der Waals surface area contributed by atoms with E-state index in [1.54, 1.807) is 0 Å². The number of nitrogens with zero attached hydrogens (tertiary/aromatic N) is 1. The molecule has 108 valence electrons. The van der Waals surface area contributed by atoms with E-state index in [1.165, 1.54) is 6.92 Å². The van der Waals surface area contributed by atoms with Gasteiger partial charge in [-0.15, -0.1) is 0 Å². The summed E-state index contributed by atoms with van der Waals surface area (Å²) in [4.78, 5) is 13.1. The molecule has 0 aliphatic carbocycles. The van der Waals surface area contributed by atoms with Gasteiger partial charge in [-0.1, -0.05) is 11.6 Å². The van der Waals surface area contributed by atoms with Gasteiger partial charge in [-0.2, -0.15) is 0 Å². The summed E-state index contributed by atoms with van der Waals surface area (Å²) in [6.07, 6.45) is 0. The Labute approximate surface area is 128 Å². The number of benzene rings is 2. The summed E-state index contributed by atoms with van der Waals surface area (Å²) < 4.78 is 5.74. The van der Waals surface area contributed by atoms with E-state index >= 15 is 0 Å². The zero-order chi connectivity index (χ0) is 14.8. The maximum absolute atomic E-state index is 11.0. The van der Waals surface area contributed by atoms with Crippen LogP contribution in [0.2, 0.25) is 5.02 Å². The highest BCUT2D eigenvalue weighted by Gasteiger charge is 2.17. The third kappa shape index (κ3) is 3.11. The van der Waals surface area contributed by atoms with Crippen LogP contribution in [0.25, 0.3) is 0 Å². The molecule has 0 saturated carbocycles. The topological polar surface area (TPSA) is 41.6 Å². The van der Waals surface area contributed by atoms with Crippen molar-refractivity contribution < 1.29 is 9.53 Å². The minimum Gasteiger partial charge on any atom is -0.473 e. The van der Waals surface area contributed by atoms with Crippen molar-refractivity contribution >= 4 is 28.9 Å². The van der Waals surface area contributed by atoms with Crippen LogP contribution in [0.5, 0.6) is 5.75 Å². The minimum atomic E-state index is -0.0763. The van der Waals surface area contributed by atoms with Gasteiger partial charge < -0.3 is 15.0 Å². The molecule has 1 aliphatic rings. The fourth-order valence-electron chi connectivity index (χ4n) is 2.34. The molecule has 1 heterocycles. The second-order valence-electron chi connectivity index (χ2n) is 4.95. The minimum absolute atomic E-state index is 0.0763. The average molecular weight is 303 g/mol. The van der Waals surface area contributed by atoms with E-state index in [0.29, 0.717) is 11.8 Å². The Morgan fingerprint density at radius 1 is 1.24 bits per heavy atom. The number of hydrogen-bond donors (Lipinski definition) is 1. The molecule has 0 spiro atoms. The van der Waals surface area contributed by atoms with Crippen LogP contribution in [-0.2, 0) is 11.3 Å². The highest BCUT2D eigenvalue weighted by atomic mass is 35.5. The van der Waals surface area contributed by atoms with Gasteiger partial charge in [-0.3, -0.25) is 4.79 Å². The van der Waals surface area contributed by atoms with E-state index in [2.05, 4.69) is 10.2 Å². The van der Waals surface area contributed by atoms with Crippen molar-refractivity contribution in [1.82, 2.24) is 0 Å². The smallest absolute Gasteiger partial charge is 0.221 e. The van der Waals surface area contributed by atoms with Gasteiger partial charge in [0.25, 0.3) is 0 Å². The Bertz CT molecular complexity index is 670. The summed E-state index contributed by atoms with van der Waals surface area (Å²) in [5.41, 5.74) is 2.89. The monoisotopic (exact) mass is 302 g/mol. The third-order valence-electron chi connectivity index (χ3n) is 3.31. The number of fused-ring (bicyclic) bond motifs is 1. The normalized spacial score (nSPS) is 13.3.